The molecule has 0 aliphatic heterocycles. The molecular formula is C16H18N6O. The second-order valence-electron chi connectivity index (χ2n) is 6.22. The third kappa shape index (κ3) is 2.58. The van der Waals surface area contributed by atoms with Crippen molar-refractivity contribution in [3.63, 3.8) is 0 Å². The molecule has 23 heavy (non-hydrogen) atoms. The first-order valence-electron chi connectivity index (χ1n) is 7.82. The van der Waals surface area contributed by atoms with Crippen LogP contribution in [0.25, 0.3) is 10.9 Å². The molecular weight excluding hydrogens is 292 g/mol. The maximum Gasteiger partial charge on any atom is 0.261 e. The summed E-state index contributed by atoms with van der Waals surface area (Å²) in [5.74, 6) is 1.41. The van der Waals surface area contributed by atoms with Crippen molar-refractivity contribution in [2.45, 2.75) is 38.6 Å². The van der Waals surface area contributed by atoms with Crippen LogP contribution in [0.2, 0.25) is 0 Å². The Bertz CT molecular complexity index is 922. The molecule has 4 rings (SSSR count). The fourth-order valence-corrected chi connectivity index (χ4v) is 2.54. The largest absolute Gasteiger partial charge is 0.337 e. The number of hydrogen-bond donors (Lipinski definition) is 2. The molecule has 2 N–H and O–H groups in total. The van der Waals surface area contributed by atoms with Gasteiger partial charge in [-0.3, -0.25) is 9.48 Å². The molecule has 7 heteroatoms. The van der Waals surface area contributed by atoms with Crippen LogP contribution in [-0.2, 0) is 0 Å². The van der Waals surface area contributed by atoms with Gasteiger partial charge in [-0.05, 0) is 18.9 Å². The first kappa shape index (κ1) is 13.9. The monoisotopic (exact) mass is 310 g/mol. The second-order valence-corrected chi connectivity index (χ2v) is 6.22. The van der Waals surface area contributed by atoms with Crippen molar-refractivity contribution in [3.05, 3.63) is 40.8 Å². The van der Waals surface area contributed by atoms with Crippen LogP contribution in [0.3, 0.4) is 0 Å². The van der Waals surface area contributed by atoms with Crippen LogP contribution < -0.4 is 10.9 Å². The minimum atomic E-state index is -0.199. The Morgan fingerprint density at radius 1 is 1.35 bits per heavy atom. The van der Waals surface area contributed by atoms with Gasteiger partial charge in [0.05, 0.1) is 23.4 Å². The summed E-state index contributed by atoms with van der Waals surface area (Å²) in [6.07, 6.45) is 7.68. The molecule has 0 unspecified atom stereocenters. The van der Waals surface area contributed by atoms with Crippen molar-refractivity contribution in [1.29, 1.82) is 0 Å². The number of anilines is 2. The average Bonchev–Trinajstić information content (AvgIpc) is 3.27. The molecule has 0 amide bonds. The molecule has 1 saturated carbocycles. The molecule has 0 saturated heterocycles. The van der Waals surface area contributed by atoms with Gasteiger partial charge in [0.15, 0.2) is 0 Å². The molecule has 0 aromatic carbocycles. The van der Waals surface area contributed by atoms with E-state index in [1.54, 1.807) is 18.5 Å². The Balaban J connectivity index is 1.81. The zero-order chi connectivity index (χ0) is 16.0. The van der Waals surface area contributed by atoms with Crippen molar-refractivity contribution < 1.29 is 0 Å². The number of rotatable bonds is 4. The van der Waals surface area contributed by atoms with E-state index >= 15 is 0 Å². The van der Waals surface area contributed by atoms with Gasteiger partial charge in [0.1, 0.15) is 17.0 Å². The second kappa shape index (κ2) is 5.19. The number of hydrogen-bond acceptors (Lipinski definition) is 5. The number of pyridine rings is 1. The van der Waals surface area contributed by atoms with Crippen LogP contribution in [-0.4, -0.2) is 24.7 Å². The number of aromatic nitrogens is 5. The van der Waals surface area contributed by atoms with E-state index in [9.17, 15) is 4.79 Å². The van der Waals surface area contributed by atoms with Crippen molar-refractivity contribution in [2.24, 2.45) is 0 Å². The quantitative estimate of drug-likeness (QED) is 0.773. The highest BCUT2D eigenvalue weighted by Gasteiger charge is 2.24. The summed E-state index contributed by atoms with van der Waals surface area (Å²) in [6, 6.07) is 2.31. The summed E-state index contributed by atoms with van der Waals surface area (Å²) < 4.78 is 1.96. The maximum atomic E-state index is 12.2. The number of H-pyrrole nitrogens is 1. The molecule has 0 atom stereocenters. The van der Waals surface area contributed by atoms with Gasteiger partial charge >= 0.3 is 0 Å². The molecule has 118 valence electrons. The smallest absolute Gasteiger partial charge is 0.261 e. The summed E-state index contributed by atoms with van der Waals surface area (Å²) in [7, 11) is 0. The average molecular weight is 310 g/mol. The first-order valence-corrected chi connectivity index (χ1v) is 7.82. The van der Waals surface area contributed by atoms with E-state index in [-0.39, 0.29) is 11.5 Å². The van der Waals surface area contributed by atoms with Gasteiger partial charge in [-0.15, -0.1) is 0 Å². The molecule has 0 spiro atoms. The molecule has 3 aromatic heterocycles. The highest BCUT2D eigenvalue weighted by Crippen LogP contribution is 2.35. The van der Waals surface area contributed by atoms with Crippen LogP contribution >= 0.6 is 0 Å². The Labute approximate surface area is 132 Å². The number of fused-ring (bicyclic) bond motifs is 1. The van der Waals surface area contributed by atoms with E-state index < -0.39 is 0 Å². The van der Waals surface area contributed by atoms with E-state index in [2.05, 4.69) is 25.4 Å². The van der Waals surface area contributed by atoms with Crippen molar-refractivity contribution >= 4 is 22.4 Å². The molecule has 0 radical (unpaired) electrons. The van der Waals surface area contributed by atoms with Crippen molar-refractivity contribution in [2.75, 3.05) is 5.32 Å². The highest BCUT2D eigenvalue weighted by atomic mass is 16.1. The first-order chi connectivity index (χ1) is 11.1. The third-order valence-electron chi connectivity index (χ3n) is 3.94. The van der Waals surface area contributed by atoms with E-state index in [0.29, 0.717) is 28.6 Å². The van der Waals surface area contributed by atoms with Crippen LogP contribution in [0.4, 0.5) is 11.5 Å². The fourth-order valence-electron chi connectivity index (χ4n) is 2.54. The zero-order valence-electron chi connectivity index (χ0n) is 13.1. The number of nitrogens with zero attached hydrogens (tertiary/aromatic N) is 4. The van der Waals surface area contributed by atoms with Gasteiger partial charge in [-0.25, -0.2) is 9.97 Å². The van der Waals surface area contributed by atoms with Gasteiger partial charge in [0, 0.05) is 18.3 Å². The molecule has 1 aliphatic carbocycles. The normalized spacial score (nSPS) is 14.6. The number of nitrogens with one attached hydrogen (secondary N) is 2. The Morgan fingerprint density at radius 2 is 2.17 bits per heavy atom. The van der Waals surface area contributed by atoms with Crippen LogP contribution in [0, 0.1) is 0 Å². The lowest BCUT2D eigenvalue weighted by Crippen LogP contribution is -2.12. The predicted octanol–water partition coefficient (Wildman–Crippen LogP) is 2.72. The highest BCUT2D eigenvalue weighted by molar-refractivity contribution is 5.89. The van der Waals surface area contributed by atoms with Gasteiger partial charge in [0.25, 0.3) is 5.56 Å². The lowest BCUT2D eigenvalue weighted by molar-refractivity contribution is 0.642. The van der Waals surface area contributed by atoms with Crippen molar-refractivity contribution in [1.82, 2.24) is 24.7 Å². The maximum absolute atomic E-state index is 12.2. The lowest BCUT2D eigenvalue weighted by Gasteiger charge is -2.10. The van der Waals surface area contributed by atoms with E-state index in [1.165, 1.54) is 12.8 Å². The zero-order valence-corrected chi connectivity index (χ0v) is 13.1. The molecule has 1 fully saturated rings. The fraction of sp³-hybridized carbons (Fsp3) is 0.375. The summed E-state index contributed by atoms with van der Waals surface area (Å²) in [6.45, 7) is 4.06. The summed E-state index contributed by atoms with van der Waals surface area (Å²) in [4.78, 5) is 23.9. The molecule has 3 heterocycles. The van der Waals surface area contributed by atoms with Crippen molar-refractivity contribution in [3.8, 4) is 0 Å². The summed E-state index contributed by atoms with van der Waals surface area (Å²) in [5.41, 5.74) is 1.27. The Morgan fingerprint density at radius 3 is 2.91 bits per heavy atom. The molecule has 7 nitrogen and oxygen atoms in total. The lowest BCUT2D eigenvalue weighted by atomic mass is 10.2. The number of aromatic amines is 1. The van der Waals surface area contributed by atoms with E-state index in [4.69, 9.17) is 0 Å². The topological polar surface area (TPSA) is 88.5 Å². The van der Waals surface area contributed by atoms with Gasteiger partial charge in [-0.2, -0.15) is 5.10 Å². The summed E-state index contributed by atoms with van der Waals surface area (Å²) in [5, 5.41) is 8.06. The molecule has 1 aliphatic rings. The Hall–Kier alpha value is -2.70. The van der Waals surface area contributed by atoms with E-state index in [1.807, 2.05) is 24.7 Å². The van der Waals surface area contributed by atoms with Crippen LogP contribution in [0.15, 0.2) is 29.5 Å². The summed E-state index contributed by atoms with van der Waals surface area (Å²) >= 11 is 0. The van der Waals surface area contributed by atoms with E-state index in [0.717, 1.165) is 5.69 Å². The van der Waals surface area contributed by atoms with Crippen LogP contribution in [0.1, 0.15) is 44.5 Å². The molecule has 3 aromatic rings. The third-order valence-corrected chi connectivity index (χ3v) is 3.94. The standard InChI is InChI=1S/C16H18N6O/c1-9(2)14-20-12-5-6-17-16(23)13(12)15(21-14)19-10-7-18-22(8-10)11-3-4-11/h5-9,11H,3-4H2,1-2H3,(H,17,23)(H,19,20,21). The molecule has 0 bridgehead atoms. The Kier molecular flexibility index (Phi) is 3.14. The van der Waals surface area contributed by atoms with Gasteiger partial charge in [-0.1, -0.05) is 13.8 Å². The van der Waals surface area contributed by atoms with Gasteiger partial charge in [0.2, 0.25) is 0 Å². The minimum Gasteiger partial charge on any atom is -0.337 e. The minimum absolute atomic E-state index is 0.174. The van der Waals surface area contributed by atoms with Gasteiger partial charge < -0.3 is 10.3 Å². The SMILES string of the molecule is CC(C)c1nc(Nc2cnn(C3CC3)c2)c2c(=O)[nH]ccc2n1. The van der Waals surface area contributed by atoms with Crippen LogP contribution in [0.5, 0.6) is 0 Å². The predicted molar refractivity (Wildman–Crippen MR) is 88.0 cm³/mol.